The van der Waals surface area contributed by atoms with Crippen molar-refractivity contribution in [2.75, 3.05) is 5.32 Å². The molecule has 6 nitrogen and oxygen atoms in total. The van der Waals surface area contributed by atoms with Crippen LogP contribution < -0.4 is 5.32 Å². The first-order valence-corrected chi connectivity index (χ1v) is 8.89. The molecular formula is C20H14Cl2N2O4. The molecule has 28 heavy (non-hydrogen) atoms. The van der Waals surface area contributed by atoms with Gasteiger partial charge in [0.1, 0.15) is 11.5 Å². The topological polar surface area (TPSA) is 85.4 Å². The number of nitro groups is 1. The number of hydrogen-bond donors (Lipinski definition) is 1. The molecule has 0 bridgehead atoms. The number of non-ortho nitro benzene ring substituents is 1. The second kappa shape index (κ2) is 8.29. The Labute approximate surface area is 170 Å². The zero-order valence-electron chi connectivity index (χ0n) is 14.6. The molecule has 0 radical (unpaired) electrons. The van der Waals surface area contributed by atoms with Crippen molar-refractivity contribution in [1.29, 1.82) is 0 Å². The van der Waals surface area contributed by atoms with Crippen molar-refractivity contribution in [3.05, 3.63) is 86.1 Å². The average Bonchev–Trinajstić information content (AvgIpc) is 3.12. The summed E-state index contributed by atoms with van der Waals surface area (Å²) in [5.74, 6) is 0.515. The number of aryl methyl sites for hydroxylation is 1. The third-order valence-electron chi connectivity index (χ3n) is 3.93. The van der Waals surface area contributed by atoms with Crippen LogP contribution in [0.2, 0.25) is 10.0 Å². The number of halogens is 2. The molecule has 0 aliphatic heterocycles. The van der Waals surface area contributed by atoms with Crippen LogP contribution in [0.5, 0.6) is 0 Å². The van der Waals surface area contributed by atoms with E-state index in [1.807, 2.05) is 0 Å². The van der Waals surface area contributed by atoms with E-state index in [1.165, 1.54) is 24.3 Å². The van der Waals surface area contributed by atoms with E-state index in [0.717, 1.165) is 0 Å². The van der Waals surface area contributed by atoms with Gasteiger partial charge < -0.3 is 9.73 Å². The fourth-order valence-electron chi connectivity index (χ4n) is 2.47. The number of hydrogen-bond acceptors (Lipinski definition) is 4. The van der Waals surface area contributed by atoms with Gasteiger partial charge in [0.05, 0.1) is 20.7 Å². The summed E-state index contributed by atoms with van der Waals surface area (Å²) >= 11 is 12.2. The standard InChI is InChI=1S/C20H14Cl2N2O4/c1-12-5-6-13(24(26)27)11-17(12)23-19(25)10-8-14-7-9-18(28-14)15-3-2-4-16(21)20(15)22/h2-11H,1H3,(H,23,25). The van der Waals surface area contributed by atoms with E-state index in [4.69, 9.17) is 27.6 Å². The number of furan rings is 1. The Bertz CT molecular complexity index is 1090. The van der Waals surface area contributed by atoms with E-state index < -0.39 is 10.8 Å². The fraction of sp³-hybridized carbons (Fsp3) is 0.0500. The number of rotatable bonds is 5. The third-order valence-corrected chi connectivity index (χ3v) is 4.75. The molecule has 1 aromatic heterocycles. The molecule has 1 heterocycles. The number of carbonyl (C=O) groups is 1. The van der Waals surface area contributed by atoms with Crippen LogP contribution in [-0.4, -0.2) is 10.8 Å². The number of nitro benzene ring substituents is 1. The van der Waals surface area contributed by atoms with Crippen molar-refractivity contribution in [2.24, 2.45) is 0 Å². The molecule has 1 N–H and O–H groups in total. The molecular weight excluding hydrogens is 403 g/mol. The lowest BCUT2D eigenvalue weighted by Crippen LogP contribution is -2.09. The first-order valence-electron chi connectivity index (χ1n) is 8.13. The van der Waals surface area contributed by atoms with Crippen molar-refractivity contribution in [3.8, 4) is 11.3 Å². The summed E-state index contributed by atoms with van der Waals surface area (Å²) in [6.45, 7) is 1.75. The van der Waals surface area contributed by atoms with Gasteiger partial charge in [-0.3, -0.25) is 14.9 Å². The number of carbonyl (C=O) groups excluding carboxylic acids is 1. The Morgan fingerprint density at radius 1 is 1.18 bits per heavy atom. The van der Waals surface area contributed by atoms with Gasteiger partial charge in [-0.2, -0.15) is 0 Å². The Hall–Kier alpha value is -3.09. The monoisotopic (exact) mass is 416 g/mol. The largest absolute Gasteiger partial charge is 0.457 e. The van der Waals surface area contributed by atoms with Crippen LogP contribution in [0.3, 0.4) is 0 Å². The Morgan fingerprint density at radius 2 is 1.96 bits per heavy atom. The van der Waals surface area contributed by atoms with Crippen molar-refractivity contribution < 1.29 is 14.1 Å². The van der Waals surface area contributed by atoms with Crippen LogP contribution in [0.25, 0.3) is 17.4 Å². The number of nitrogens with zero attached hydrogens (tertiary/aromatic N) is 1. The normalized spacial score (nSPS) is 11.0. The van der Waals surface area contributed by atoms with E-state index in [9.17, 15) is 14.9 Å². The highest BCUT2D eigenvalue weighted by molar-refractivity contribution is 6.43. The maximum atomic E-state index is 12.1. The highest BCUT2D eigenvalue weighted by Crippen LogP contribution is 2.34. The summed E-state index contributed by atoms with van der Waals surface area (Å²) in [7, 11) is 0. The minimum absolute atomic E-state index is 0.0982. The lowest BCUT2D eigenvalue weighted by molar-refractivity contribution is -0.384. The average molecular weight is 417 g/mol. The van der Waals surface area contributed by atoms with Crippen LogP contribution in [-0.2, 0) is 4.79 Å². The molecule has 3 rings (SSSR count). The second-order valence-corrected chi connectivity index (χ2v) is 6.67. The Morgan fingerprint density at radius 3 is 2.71 bits per heavy atom. The molecule has 3 aromatic rings. The lowest BCUT2D eigenvalue weighted by Gasteiger charge is -2.05. The third kappa shape index (κ3) is 4.42. The minimum Gasteiger partial charge on any atom is -0.457 e. The molecule has 0 aliphatic carbocycles. The van der Waals surface area contributed by atoms with Gasteiger partial charge in [0, 0.05) is 23.8 Å². The summed E-state index contributed by atoms with van der Waals surface area (Å²) in [4.78, 5) is 22.5. The van der Waals surface area contributed by atoms with E-state index in [2.05, 4.69) is 5.32 Å². The van der Waals surface area contributed by atoms with Gasteiger partial charge in [-0.1, -0.05) is 35.3 Å². The number of anilines is 1. The molecule has 142 valence electrons. The molecule has 0 atom stereocenters. The van der Waals surface area contributed by atoms with Crippen molar-refractivity contribution >= 4 is 46.6 Å². The Balaban J connectivity index is 1.74. The van der Waals surface area contributed by atoms with Crippen LogP contribution in [0, 0.1) is 17.0 Å². The van der Waals surface area contributed by atoms with E-state index in [1.54, 1.807) is 43.3 Å². The summed E-state index contributed by atoms with van der Waals surface area (Å²) in [5, 5.41) is 14.3. The molecule has 2 aromatic carbocycles. The van der Waals surface area contributed by atoms with Crippen LogP contribution in [0.15, 0.2) is 59.0 Å². The van der Waals surface area contributed by atoms with Crippen LogP contribution in [0.4, 0.5) is 11.4 Å². The number of benzene rings is 2. The van der Waals surface area contributed by atoms with Gasteiger partial charge >= 0.3 is 0 Å². The molecule has 0 saturated carbocycles. The van der Waals surface area contributed by atoms with Crippen LogP contribution >= 0.6 is 23.2 Å². The molecule has 0 fully saturated rings. The number of nitrogens with one attached hydrogen (secondary N) is 1. The van der Waals surface area contributed by atoms with E-state index in [0.29, 0.717) is 38.4 Å². The van der Waals surface area contributed by atoms with Crippen molar-refractivity contribution in [1.82, 2.24) is 0 Å². The Kier molecular flexibility index (Phi) is 5.82. The molecule has 0 spiro atoms. The SMILES string of the molecule is Cc1ccc([N+](=O)[O-])cc1NC(=O)C=Cc1ccc(-c2cccc(Cl)c2Cl)o1. The summed E-state index contributed by atoms with van der Waals surface area (Å²) < 4.78 is 5.68. The van der Waals surface area contributed by atoms with E-state index in [-0.39, 0.29) is 5.69 Å². The second-order valence-electron chi connectivity index (χ2n) is 5.88. The van der Waals surface area contributed by atoms with Gasteiger partial charge in [-0.15, -0.1) is 0 Å². The first-order chi connectivity index (χ1) is 13.3. The predicted octanol–water partition coefficient (Wildman–Crippen LogP) is 6.12. The smallest absolute Gasteiger partial charge is 0.271 e. The maximum Gasteiger partial charge on any atom is 0.271 e. The highest BCUT2D eigenvalue weighted by Gasteiger charge is 2.11. The molecule has 1 amide bonds. The van der Waals surface area contributed by atoms with Gasteiger partial charge in [0.2, 0.25) is 5.91 Å². The number of amides is 1. The van der Waals surface area contributed by atoms with Gasteiger partial charge in [0.15, 0.2) is 0 Å². The predicted molar refractivity (Wildman–Crippen MR) is 110 cm³/mol. The van der Waals surface area contributed by atoms with Crippen molar-refractivity contribution in [2.45, 2.75) is 6.92 Å². The van der Waals surface area contributed by atoms with Crippen molar-refractivity contribution in [3.63, 3.8) is 0 Å². The lowest BCUT2D eigenvalue weighted by atomic mass is 10.2. The maximum absolute atomic E-state index is 12.1. The molecule has 8 heteroatoms. The van der Waals surface area contributed by atoms with Gasteiger partial charge in [0.25, 0.3) is 5.69 Å². The summed E-state index contributed by atoms with van der Waals surface area (Å²) in [5.41, 5.74) is 1.63. The summed E-state index contributed by atoms with van der Waals surface area (Å²) in [6, 6.07) is 12.9. The fourth-order valence-corrected chi connectivity index (χ4v) is 2.87. The van der Waals surface area contributed by atoms with Crippen LogP contribution in [0.1, 0.15) is 11.3 Å². The first kappa shape index (κ1) is 19.7. The zero-order chi connectivity index (χ0) is 20.3. The highest BCUT2D eigenvalue weighted by atomic mass is 35.5. The quantitative estimate of drug-likeness (QED) is 0.308. The molecule has 0 saturated heterocycles. The summed E-state index contributed by atoms with van der Waals surface area (Å²) in [6.07, 6.45) is 2.77. The van der Waals surface area contributed by atoms with E-state index >= 15 is 0 Å². The molecule has 0 aliphatic rings. The molecule has 0 unspecified atom stereocenters. The zero-order valence-corrected chi connectivity index (χ0v) is 16.1. The minimum atomic E-state index is -0.518. The van der Waals surface area contributed by atoms with Gasteiger partial charge in [-0.25, -0.2) is 0 Å². The van der Waals surface area contributed by atoms with Gasteiger partial charge in [-0.05, 0) is 42.8 Å².